The molecular formula is C61H50ClF3N2. The summed E-state index contributed by atoms with van der Waals surface area (Å²) in [4.78, 5) is 4.16. The van der Waals surface area contributed by atoms with Crippen LogP contribution < -0.4 is 9.80 Å². The Kier molecular flexibility index (Phi) is 11.3. The molecule has 0 aromatic heterocycles. The van der Waals surface area contributed by atoms with Gasteiger partial charge in [0.2, 0.25) is 0 Å². The van der Waals surface area contributed by atoms with Gasteiger partial charge in [-0.1, -0.05) is 173 Å². The van der Waals surface area contributed by atoms with Gasteiger partial charge in [0.05, 0.1) is 33.3 Å². The molecule has 0 spiro atoms. The number of nitrogens with zero attached hydrogens (tertiary/aromatic N) is 2. The number of halogens is 4. The van der Waals surface area contributed by atoms with Gasteiger partial charge in [-0.2, -0.15) is 13.2 Å². The Morgan fingerprint density at radius 3 is 1.24 bits per heavy atom. The SMILES string of the molecule is Cc1ccc(-c2ccccc2)cc1N(c1ccccc1Cl)c1cc(C(C)C)c2ccc3c(N(c4cc(-c5ccccc5)ccc4C)c4ccccc4C(F)(F)F)cc(C(C)C)c4ccc1c2c43. The fourth-order valence-corrected chi connectivity index (χ4v) is 10.2. The number of anilines is 6. The Balaban J connectivity index is 1.34. The first-order valence-electron chi connectivity index (χ1n) is 22.9. The van der Waals surface area contributed by atoms with Crippen LogP contribution in [-0.2, 0) is 6.18 Å². The molecule has 0 bridgehead atoms. The zero-order chi connectivity index (χ0) is 46.7. The number of hydrogen-bond acceptors (Lipinski definition) is 2. The quantitative estimate of drug-likeness (QED) is 0.126. The molecule has 67 heavy (non-hydrogen) atoms. The van der Waals surface area contributed by atoms with E-state index in [0.29, 0.717) is 16.4 Å². The van der Waals surface area contributed by atoms with Crippen molar-refractivity contribution in [1.29, 1.82) is 0 Å². The van der Waals surface area contributed by atoms with Gasteiger partial charge in [0, 0.05) is 22.1 Å². The zero-order valence-corrected chi connectivity index (χ0v) is 39.1. The smallest absolute Gasteiger partial charge is 0.309 e. The fraction of sp³-hybridized carbons (Fsp3) is 0.148. The summed E-state index contributed by atoms with van der Waals surface area (Å²) in [5.74, 6) is 0.155. The third-order valence-corrected chi connectivity index (χ3v) is 13.6. The molecular weight excluding hydrogens is 853 g/mol. The van der Waals surface area contributed by atoms with Crippen molar-refractivity contribution in [2.75, 3.05) is 9.80 Å². The Labute approximate surface area is 395 Å². The molecule has 10 aromatic rings. The van der Waals surface area contributed by atoms with Crippen molar-refractivity contribution in [2.45, 2.75) is 59.6 Å². The first-order chi connectivity index (χ1) is 32.3. The van der Waals surface area contributed by atoms with Crippen molar-refractivity contribution in [2.24, 2.45) is 0 Å². The minimum atomic E-state index is -4.62. The van der Waals surface area contributed by atoms with E-state index in [1.54, 1.807) is 12.1 Å². The molecule has 0 radical (unpaired) electrons. The van der Waals surface area contributed by atoms with Gasteiger partial charge in [-0.15, -0.1) is 0 Å². The summed E-state index contributed by atoms with van der Waals surface area (Å²) in [5.41, 5.74) is 11.7. The lowest BCUT2D eigenvalue weighted by Crippen LogP contribution is -2.18. The van der Waals surface area contributed by atoms with E-state index in [1.807, 2.05) is 84.6 Å². The second-order valence-electron chi connectivity index (χ2n) is 18.2. The maximum Gasteiger partial charge on any atom is 0.418 e. The molecule has 6 heteroatoms. The fourth-order valence-electron chi connectivity index (χ4n) is 9.98. The van der Waals surface area contributed by atoms with Crippen LogP contribution in [0.1, 0.15) is 67.3 Å². The Morgan fingerprint density at radius 2 is 0.791 bits per heavy atom. The molecule has 0 aliphatic carbocycles. The van der Waals surface area contributed by atoms with E-state index in [9.17, 15) is 0 Å². The largest absolute Gasteiger partial charge is 0.418 e. The van der Waals surface area contributed by atoms with E-state index in [0.717, 1.165) is 93.9 Å². The third kappa shape index (κ3) is 7.75. The predicted octanol–water partition coefficient (Wildman–Crippen LogP) is 19.4. The second kappa shape index (κ2) is 17.3. The highest BCUT2D eigenvalue weighted by molar-refractivity contribution is 6.34. The molecule has 10 aromatic carbocycles. The van der Waals surface area contributed by atoms with Crippen LogP contribution in [0.5, 0.6) is 0 Å². The van der Waals surface area contributed by atoms with Gasteiger partial charge in [-0.05, 0) is 140 Å². The lowest BCUT2D eigenvalue weighted by Gasteiger charge is -2.33. The first kappa shape index (κ1) is 43.8. The van der Waals surface area contributed by atoms with Gasteiger partial charge < -0.3 is 9.80 Å². The molecule has 0 unspecified atom stereocenters. The summed E-state index contributed by atoms with van der Waals surface area (Å²) in [5, 5.41) is 6.74. The number of alkyl halides is 3. The molecule has 0 heterocycles. The molecule has 332 valence electrons. The van der Waals surface area contributed by atoms with Crippen molar-refractivity contribution in [3.63, 3.8) is 0 Å². The average Bonchev–Trinajstić information content (AvgIpc) is 3.33. The topological polar surface area (TPSA) is 6.48 Å². The highest BCUT2D eigenvalue weighted by Crippen LogP contribution is 2.53. The number of hydrogen-bond donors (Lipinski definition) is 0. The van der Waals surface area contributed by atoms with E-state index in [-0.39, 0.29) is 17.5 Å². The lowest BCUT2D eigenvalue weighted by atomic mass is 9.83. The molecule has 0 aliphatic rings. The summed E-state index contributed by atoms with van der Waals surface area (Å²) in [6, 6.07) is 60.2. The molecule has 0 atom stereocenters. The summed E-state index contributed by atoms with van der Waals surface area (Å²) in [6.45, 7) is 12.9. The number of rotatable bonds is 10. The van der Waals surface area contributed by atoms with Crippen LogP contribution >= 0.6 is 11.6 Å². The summed E-state index contributed by atoms with van der Waals surface area (Å²) >= 11 is 7.24. The number of para-hydroxylation sites is 2. The summed E-state index contributed by atoms with van der Waals surface area (Å²) in [7, 11) is 0. The molecule has 10 rings (SSSR count). The van der Waals surface area contributed by atoms with Crippen molar-refractivity contribution in [3.8, 4) is 22.3 Å². The summed E-state index contributed by atoms with van der Waals surface area (Å²) < 4.78 is 46.2. The molecule has 0 aliphatic heterocycles. The number of benzene rings is 10. The van der Waals surface area contributed by atoms with Crippen LogP contribution in [0.4, 0.5) is 47.3 Å². The van der Waals surface area contributed by atoms with E-state index in [1.165, 1.54) is 12.1 Å². The van der Waals surface area contributed by atoms with Crippen molar-refractivity contribution >= 4 is 78.0 Å². The van der Waals surface area contributed by atoms with Crippen molar-refractivity contribution < 1.29 is 13.2 Å². The van der Waals surface area contributed by atoms with Gasteiger partial charge >= 0.3 is 6.18 Å². The lowest BCUT2D eigenvalue weighted by molar-refractivity contribution is -0.137. The van der Waals surface area contributed by atoms with Gasteiger partial charge in [0.1, 0.15) is 0 Å². The molecule has 0 N–H and O–H groups in total. The van der Waals surface area contributed by atoms with Crippen LogP contribution in [0.2, 0.25) is 5.02 Å². The van der Waals surface area contributed by atoms with Crippen molar-refractivity contribution in [3.05, 3.63) is 215 Å². The number of aryl methyl sites for hydroxylation is 2. The van der Waals surface area contributed by atoms with Gasteiger partial charge in [0.25, 0.3) is 0 Å². The van der Waals surface area contributed by atoms with Crippen LogP contribution in [0.15, 0.2) is 182 Å². The summed E-state index contributed by atoms with van der Waals surface area (Å²) in [6.07, 6.45) is -4.62. The van der Waals surface area contributed by atoms with E-state index in [4.69, 9.17) is 11.6 Å². The second-order valence-corrected chi connectivity index (χ2v) is 18.6. The van der Waals surface area contributed by atoms with Crippen LogP contribution in [0.25, 0.3) is 54.6 Å². The van der Waals surface area contributed by atoms with E-state index >= 15 is 13.2 Å². The van der Waals surface area contributed by atoms with Crippen LogP contribution in [0, 0.1) is 13.8 Å². The minimum absolute atomic E-state index is 0.0341. The zero-order valence-electron chi connectivity index (χ0n) is 38.4. The molecule has 0 saturated carbocycles. The first-order valence-corrected chi connectivity index (χ1v) is 23.3. The Morgan fingerprint density at radius 1 is 0.388 bits per heavy atom. The maximum absolute atomic E-state index is 15.4. The van der Waals surface area contributed by atoms with Crippen LogP contribution in [-0.4, -0.2) is 0 Å². The van der Waals surface area contributed by atoms with Gasteiger partial charge in [0.15, 0.2) is 0 Å². The average molecular weight is 904 g/mol. The molecule has 2 nitrogen and oxygen atoms in total. The molecule has 0 fully saturated rings. The Hall–Kier alpha value is -7.08. The maximum atomic E-state index is 15.4. The monoisotopic (exact) mass is 902 g/mol. The normalized spacial score (nSPS) is 12.0. The molecule has 0 amide bonds. The van der Waals surface area contributed by atoms with E-state index < -0.39 is 11.7 Å². The highest BCUT2D eigenvalue weighted by Gasteiger charge is 2.36. The highest BCUT2D eigenvalue weighted by atomic mass is 35.5. The standard InChI is InChI=1S/C61H50ClF3N2/c1-37(2)49-35-57(66(53-23-15-13-21-51(53)61(63,64)65)55-33-43(27-25-39(55)5)41-17-9-7-10-18-41)47-31-29-46-50(38(3)4)36-58(48-32-30-45(49)59(47)60(46)48)67(54-24-16-14-22-52(54)62)56-34-44(28-26-40(56)6)42-19-11-8-12-20-42/h7-38H,1-6H3. The van der Waals surface area contributed by atoms with Gasteiger partial charge in [-0.25, -0.2) is 0 Å². The predicted molar refractivity (Wildman–Crippen MR) is 278 cm³/mol. The van der Waals surface area contributed by atoms with Crippen molar-refractivity contribution in [1.82, 2.24) is 0 Å². The molecule has 0 saturated heterocycles. The van der Waals surface area contributed by atoms with Gasteiger partial charge in [-0.3, -0.25) is 0 Å². The third-order valence-electron chi connectivity index (χ3n) is 13.3. The van der Waals surface area contributed by atoms with Crippen LogP contribution in [0.3, 0.4) is 0 Å². The van der Waals surface area contributed by atoms with E-state index in [2.05, 4.69) is 124 Å². The Bertz CT molecular complexity index is 3450. The minimum Gasteiger partial charge on any atom is -0.309 e.